The van der Waals surface area contributed by atoms with E-state index in [1.165, 1.54) is 66.8 Å². The van der Waals surface area contributed by atoms with E-state index in [2.05, 4.69) is 31.3 Å². The molecule has 59 heavy (non-hydrogen) atoms. The van der Waals surface area contributed by atoms with Gasteiger partial charge in [-0.2, -0.15) is 15.3 Å². The summed E-state index contributed by atoms with van der Waals surface area (Å²) in [6.07, 6.45) is 6.09. The fraction of sp³-hybridized carbons (Fsp3) is 0. The van der Waals surface area contributed by atoms with Gasteiger partial charge in [-0.05, 0) is 90.5 Å². The van der Waals surface area contributed by atoms with E-state index in [4.69, 9.17) is 11.5 Å². The van der Waals surface area contributed by atoms with Gasteiger partial charge in [-0.3, -0.25) is 20.4 Å². The molecule has 4 aromatic carbocycles. The molecular weight excluding hydrogens is 862 g/mol. The zero-order valence-corrected chi connectivity index (χ0v) is 39.4. The van der Waals surface area contributed by atoms with Gasteiger partial charge in [0, 0.05) is 22.4 Å². The zero-order chi connectivity index (χ0) is 40.6. The molecule has 25 heteroatoms. The molecule has 0 unspecified atom stereocenters. The van der Waals surface area contributed by atoms with Gasteiger partial charge in [0.25, 0.3) is 0 Å². The van der Waals surface area contributed by atoms with Crippen LogP contribution in [0.1, 0.15) is 15.9 Å². The largest absolute Gasteiger partial charge is 1.00 e. The molecule has 0 saturated heterocycles. The Morgan fingerprint density at radius 3 is 1.66 bits per heavy atom. The van der Waals surface area contributed by atoms with Crippen LogP contribution in [0, 0.1) is 0 Å². The van der Waals surface area contributed by atoms with E-state index in [9.17, 15) is 48.5 Å². The van der Waals surface area contributed by atoms with Crippen molar-refractivity contribution >= 4 is 93.5 Å². The molecule has 2 aliphatic rings. The van der Waals surface area contributed by atoms with Gasteiger partial charge in [0.05, 0.1) is 43.2 Å². The fourth-order valence-corrected chi connectivity index (χ4v) is 7.35. The number of carbonyl (C=O) groups is 2. The van der Waals surface area contributed by atoms with Crippen LogP contribution in [0.5, 0.6) is 0 Å². The number of carbonyl (C=O) groups excluding carboxylic acids is 2. The molecule has 2 aliphatic carbocycles. The molecule has 4 aromatic rings. The van der Waals surface area contributed by atoms with Crippen molar-refractivity contribution in [1.82, 2.24) is 0 Å². The SMILES string of the molecule is Nc1ccc(N=Nc2ccc3c(c2)C(=O)C(=NNc2ccc(-c4ccc(NN=C5C=CC(=O)C=C5)cc4S(=O)(=O)[O-])c(S(=O)(=O)[O-])c2)C(S(=O)(=O)[O-])=C3)c(N)c1.[Na+].[Na+].[Na+]. The third-order valence-corrected chi connectivity index (χ3v) is 10.5. The molecule has 6 rings (SSSR count). The van der Waals surface area contributed by atoms with E-state index < -0.39 is 67.7 Å². The van der Waals surface area contributed by atoms with Crippen molar-refractivity contribution in [3.63, 3.8) is 0 Å². The molecule has 0 spiro atoms. The van der Waals surface area contributed by atoms with Crippen LogP contribution in [0.4, 0.5) is 34.1 Å². The van der Waals surface area contributed by atoms with Crippen LogP contribution in [0.25, 0.3) is 17.2 Å². The Hall–Kier alpha value is -3.69. The second-order valence-corrected chi connectivity index (χ2v) is 15.7. The number of benzene rings is 4. The summed E-state index contributed by atoms with van der Waals surface area (Å²) in [6.45, 7) is 0. The number of azo groups is 1. The number of hydrazone groups is 2. The number of nitrogens with one attached hydrogen (secondary N) is 2. The van der Waals surface area contributed by atoms with Gasteiger partial charge >= 0.3 is 88.7 Å². The molecule has 0 atom stereocenters. The summed E-state index contributed by atoms with van der Waals surface area (Å²) in [5, 5.41) is 15.8. The van der Waals surface area contributed by atoms with E-state index in [1.807, 2.05) is 0 Å². The van der Waals surface area contributed by atoms with Gasteiger partial charge in [-0.1, -0.05) is 18.2 Å². The molecule has 6 N–H and O–H groups in total. The molecule has 0 radical (unpaired) electrons. The standard InChI is InChI=1S/C34H26N8O11S3.3Na/c35-19-2-12-29(28(36)14-19)41-39-21-3-1-18-13-32(56(51,52)53)33(34(44)27(18)15-21)42-40-23-7-11-26(31(17-23)55(48,49)50)25-10-6-22(16-30(25)54(45,46)47)38-37-20-4-8-24(43)9-5-20;;;/h1-17,38,40H,35-36H2,(H,45,46,47)(H,48,49,50)(H,51,52,53);;;/q;3*+1/p-3. The molecule has 0 aliphatic heterocycles. The molecule has 0 heterocycles. The first-order valence-electron chi connectivity index (χ1n) is 15.5. The van der Waals surface area contributed by atoms with Gasteiger partial charge in [0.2, 0.25) is 5.78 Å². The topological polar surface area (TPSA) is 331 Å². The summed E-state index contributed by atoms with van der Waals surface area (Å²) in [5.41, 5.74) is 15.2. The number of allylic oxidation sites excluding steroid dienone is 5. The molecule has 0 saturated carbocycles. The smallest absolute Gasteiger partial charge is 0.744 e. The van der Waals surface area contributed by atoms with E-state index >= 15 is 0 Å². The van der Waals surface area contributed by atoms with Gasteiger partial charge in [-0.15, -0.1) is 5.11 Å². The number of nitrogens with zero attached hydrogens (tertiary/aromatic N) is 4. The molecule has 286 valence electrons. The van der Waals surface area contributed by atoms with Crippen molar-refractivity contribution in [2.24, 2.45) is 20.4 Å². The van der Waals surface area contributed by atoms with Crippen LogP contribution in [-0.4, -0.2) is 61.9 Å². The third-order valence-electron chi connectivity index (χ3n) is 7.85. The number of rotatable bonds is 10. The molecule has 0 fully saturated rings. The maximum absolute atomic E-state index is 13.6. The van der Waals surface area contributed by atoms with Crippen molar-refractivity contribution in [1.29, 1.82) is 0 Å². The van der Waals surface area contributed by atoms with Crippen molar-refractivity contribution in [3.8, 4) is 11.1 Å². The Morgan fingerprint density at radius 2 is 1.14 bits per heavy atom. The van der Waals surface area contributed by atoms with Gasteiger partial charge in [0.1, 0.15) is 41.8 Å². The summed E-state index contributed by atoms with van der Waals surface area (Å²) in [6, 6.07) is 14.3. The van der Waals surface area contributed by atoms with E-state index in [-0.39, 0.29) is 140 Å². The minimum Gasteiger partial charge on any atom is -0.744 e. The van der Waals surface area contributed by atoms with Crippen LogP contribution in [0.15, 0.2) is 132 Å². The number of anilines is 4. The van der Waals surface area contributed by atoms with Crippen molar-refractivity contribution < 1.29 is 137 Å². The molecule has 0 bridgehead atoms. The summed E-state index contributed by atoms with van der Waals surface area (Å²) in [7, 11) is -16.1. The second-order valence-electron chi connectivity index (χ2n) is 11.7. The number of nitrogens with two attached hydrogens (primary N) is 2. The fourth-order valence-electron chi connectivity index (χ4n) is 5.26. The maximum Gasteiger partial charge on any atom is 1.00 e. The van der Waals surface area contributed by atoms with Crippen molar-refractivity contribution in [3.05, 3.63) is 113 Å². The molecular formula is C34H23N8Na3O11S3. The van der Waals surface area contributed by atoms with Crippen molar-refractivity contribution in [2.75, 3.05) is 22.3 Å². The van der Waals surface area contributed by atoms with Crippen molar-refractivity contribution in [2.45, 2.75) is 9.79 Å². The van der Waals surface area contributed by atoms with Crippen LogP contribution in [0.2, 0.25) is 0 Å². The van der Waals surface area contributed by atoms with Gasteiger partial charge in [0.15, 0.2) is 5.78 Å². The number of Topliss-reactive ketones (excluding diaryl/α,β-unsaturated/α-hetero) is 1. The first-order valence-corrected chi connectivity index (χ1v) is 19.7. The van der Waals surface area contributed by atoms with Gasteiger partial charge in [-0.25, -0.2) is 25.3 Å². The summed E-state index contributed by atoms with van der Waals surface area (Å²) in [5.74, 6) is -1.34. The first-order chi connectivity index (χ1) is 26.3. The molecule has 19 nitrogen and oxygen atoms in total. The predicted octanol–water partition coefficient (Wildman–Crippen LogP) is -5.23. The van der Waals surface area contributed by atoms with Gasteiger partial charge < -0.3 is 25.1 Å². The summed E-state index contributed by atoms with van der Waals surface area (Å²) >= 11 is 0. The monoisotopic (exact) mass is 884 g/mol. The number of hydrogen-bond donors (Lipinski definition) is 4. The van der Waals surface area contributed by atoms with Crippen LogP contribution in [-0.2, 0) is 35.1 Å². The minimum absolute atomic E-state index is 0. The first kappa shape index (κ1) is 49.7. The van der Waals surface area contributed by atoms with E-state index in [0.29, 0.717) is 11.8 Å². The molecule has 0 amide bonds. The Morgan fingerprint density at radius 1 is 0.576 bits per heavy atom. The zero-order valence-electron chi connectivity index (χ0n) is 31.0. The summed E-state index contributed by atoms with van der Waals surface area (Å²) < 4.78 is 111. The molecule has 0 aromatic heterocycles. The number of hydrogen-bond acceptors (Lipinski definition) is 19. The minimum atomic E-state index is -5.44. The number of fused-ring (bicyclic) bond motifs is 1. The Labute approximate surface area is 403 Å². The van der Waals surface area contributed by atoms with Crippen LogP contribution >= 0.6 is 0 Å². The Balaban J connectivity index is 0.00000310. The second kappa shape index (κ2) is 19.8. The quantitative estimate of drug-likeness (QED) is 0.0289. The van der Waals surface area contributed by atoms with E-state index in [0.717, 1.165) is 30.3 Å². The maximum atomic E-state index is 13.6. The average molecular weight is 885 g/mol. The predicted molar refractivity (Wildman–Crippen MR) is 201 cm³/mol. The third kappa shape index (κ3) is 12.0. The summed E-state index contributed by atoms with van der Waals surface area (Å²) in [4.78, 5) is 21.9. The Bertz CT molecular complexity index is 2900. The van der Waals surface area contributed by atoms with E-state index in [1.54, 1.807) is 0 Å². The van der Waals surface area contributed by atoms with Crippen LogP contribution in [0.3, 0.4) is 0 Å². The normalized spacial score (nSPS) is 14.5. The number of ketones is 2. The number of nitrogen functional groups attached to an aromatic ring is 2. The average Bonchev–Trinajstić information content (AvgIpc) is 3.12. The Kier molecular flexibility index (Phi) is 16.7. The van der Waals surface area contributed by atoms with Crippen LogP contribution < -0.4 is 111 Å².